The molecule has 0 atom stereocenters. The summed E-state index contributed by atoms with van der Waals surface area (Å²) in [6.07, 6.45) is 11.3. The van der Waals surface area contributed by atoms with Crippen LogP contribution in [0.15, 0.2) is 53.4 Å². The number of hydrogen-bond acceptors (Lipinski definition) is 4. The minimum Gasteiger partial charge on any atom is -0.390 e. The molecule has 0 saturated heterocycles. The summed E-state index contributed by atoms with van der Waals surface area (Å²) in [5, 5.41) is 15.2. The van der Waals surface area contributed by atoms with Crippen LogP contribution in [0, 0.1) is 5.92 Å². The molecule has 2 heterocycles. The molecule has 1 saturated carbocycles. The van der Waals surface area contributed by atoms with Crippen LogP contribution in [-0.2, 0) is 4.79 Å². The van der Waals surface area contributed by atoms with Crippen LogP contribution >= 0.6 is 0 Å². The molecule has 1 fully saturated rings. The van der Waals surface area contributed by atoms with Gasteiger partial charge in [-0.05, 0) is 82.7 Å². The van der Waals surface area contributed by atoms with Gasteiger partial charge in [0.25, 0.3) is 0 Å². The van der Waals surface area contributed by atoms with Crippen LogP contribution in [0.4, 0.5) is 5.82 Å². The monoisotopic (exact) mass is 433 g/mol. The fourth-order valence-electron chi connectivity index (χ4n) is 3.76. The summed E-state index contributed by atoms with van der Waals surface area (Å²) in [7, 11) is 0. The van der Waals surface area contributed by atoms with Gasteiger partial charge in [-0.25, -0.2) is 4.98 Å². The fourth-order valence-corrected chi connectivity index (χ4v) is 3.76. The average Bonchev–Trinajstić information content (AvgIpc) is 3.57. The molecule has 2 aromatic rings. The lowest BCUT2D eigenvalue weighted by atomic mass is 9.91. The Kier molecular flexibility index (Phi) is 7.29. The summed E-state index contributed by atoms with van der Waals surface area (Å²) in [6, 6.07) is 3.91. The predicted molar refractivity (Wildman–Crippen MR) is 132 cm³/mol. The van der Waals surface area contributed by atoms with Crippen molar-refractivity contribution in [1.82, 2.24) is 9.97 Å². The van der Waals surface area contributed by atoms with E-state index < -0.39 is 5.60 Å². The first-order valence-electron chi connectivity index (χ1n) is 11.4. The second kappa shape index (κ2) is 9.78. The number of fused-ring (bicyclic) bond motifs is 1. The van der Waals surface area contributed by atoms with E-state index in [9.17, 15) is 9.90 Å². The molecule has 0 bridgehead atoms. The second-order valence-electron chi connectivity index (χ2n) is 9.43. The minimum atomic E-state index is -0.766. The highest BCUT2D eigenvalue weighted by Gasteiger charge is 2.29. The molecular formula is C27H35N3O2. The number of nitrogens with zero attached hydrogens (tertiary/aromatic N) is 2. The molecule has 0 radical (unpaired) electrons. The Morgan fingerprint density at radius 1 is 1.19 bits per heavy atom. The van der Waals surface area contributed by atoms with Gasteiger partial charge in [0.05, 0.1) is 11.3 Å². The van der Waals surface area contributed by atoms with E-state index in [1.165, 1.54) is 5.57 Å². The van der Waals surface area contributed by atoms with Crippen molar-refractivity contribution in [2.75, 3.05) is 5.32 Å². The number of carbonyl (C=O) groups excluding carboxylic acids is 1. The number of aliphatic hydroxyl groups is 1. The highest BCUT2D eigenvalue weighted by atomic mass is 16.3. The third-order valence-electron chi connectivity index (χ3n) is 5.88. The van der Waals surface area contributed by atoms with E-state index in [0.29, 0.717) is 12.2 Å². The van der Waals surface area contributed by atoms with Gasteiger partial charge in [0.15, 0.2) is 0 Å². The van der Waals surface area contributed by atoms with E-state index in [1.807, 2.05) is 39.1 Å². The molecular weight excluding hydrogens is 398 g/mol. The zero-order chi connectivity index (χ0) is 23.5. The lowest BCUT2D eigenvalue weighted by molar-refractivity contribution is -0.117. The normalized spacial score (nSPS) is 16.2. The van der Waals surface area contributed by atoms with Crippen LogP contribution in [0.25, 0.3) is 16.3 Å². The van der Waals surface area contributed by atoms with Gasteiger partial charge in [0, 0.05) is 35.5 Å². The first-order valence-corrected chi connectivity index (χ1v) is 11.4. The molecule has 0 aliphatic heterocycles. The van der Waals surface area contributed by atoms with E-state index in [-0.39, 0.29) is 11.8 Å². The molecule has 170 valence electrons. The maximum Gasteiger partial charge on any atom is 0.228 e. The zero-order valence-corrected chi connectivity index (χ0v) is 20.1. The molecule has 3 rings (SSSR count). The molecule has 2 aromatic heterocycles. The van der Waals surface area contributed by atoms with Crippen LogP contribution in [0.2, 0.25) is 0 Å². The number of hydrogen-bond donors (Lipinski definition) is 2. The molecule has 32 heavy (non-hydrogen) atoms. The van der Waals surface area contributed by atoms with E-state index in [0.717, 1.165) is 52.4 Å². The van der Waals surface area contributed by atoms with Crippen molar-refractivity contribution in [2.24, 2.45) is 5.92 Å². The summed E-state index contributed by atoms with van der Waals surface area (Å²) in [6.45, 7) is 12.0. The molecule has 0 aromatic carbocycles. The lowest BCUT2D eigenvalue weighted by Crippen LogP contribution is -2.19. The van der Waals surface area contributed by atoms with Crippen molar-refractivity contribution in [3.05, 3.63) is 59.1 Å². The molecule has 1 amide bonds. The van der Waals surface area contributed by atoms with Crippen LogP contribution in [-0.4, -0.2) is 26.6 Å². The van der Waals surface area contributed by atoms with Crippen LogP contribution < -0.4 is 5.32 Å². The van der Waals surface area contributed by atoms with Crippen LogP contribution in [0.3, 0.4) is 0 Å². The summed E-state index contributed by atoms with van der Waals surface area (Å²) in [4.78, 5) is 21.1. The van der Waals surface area contributed by atoms with Gasteiger partial charge in [0.1, 0.15) is 5.82 Å². The predicted octanol–water partition coefficient (Wildman–Crippen LogP) is 6.22. The Morgan fingerprint density at radius 3 is 2.44 bits per heavy atom. The maximum absolute atomic E-state index is 12.0. The van der Waals surface area contributed by atoms with Crippen molar-refractivity contribution < 1.29 is 9.90 Å². The zero-order valence-electron chi connectivity index (χ0n) is 20.1. The van der Waals surface area contributed by atoms with Gasteiger partial charge >= 0.3 is 0 Å². The minimum absolute atomic E-state index is 0.0516. The van der Waals surface area contributed by atoms with Crippen molar-refractivity contribution in [3.63, 3.8) is 0 Å². The summed E-state index contributed by atoms with van der Waals surface area (Å²) < 4.78 is 0. The third-order valence-corrected chi connectivity index (χ3v) is 5.88. The third kappa shape index (κ3) is 6.13. The number of aromatic nitrogens is 2. The Labute approximate surface area is 191 Å². The lowest BCUT2D eigenvalue weighted by Gasteiger charge is -2.20. The number of rotatable bonds is 8. The van der Waals surface area contributed by atoms with Gasteiger partial charge in [0.2, 0.25) is 5.91 Å². The van der Waals surface area contributed by atoms with Gasteiger partial charge in [-0.3, -0.25) is 9.78 Å². The number of anilines is 1. The molecule has 5 nitrogen and oxygen atoms in total. The second-order valence-corrected chi connectivity index (χ2v) is 9.43. The fraction of sp³-hybridized carbons (Fsp3) is 0.444. The Bertz CT molecular complexity index is 1100. The maximum atomic E-state index is 12.0. The van der Waals surface area contributed by atoms with E-state index in [2.05, 4.69) is 43.2 Å². The Morgan fingerprint density at radius 2 is 1.84 bits per heavy atom. The van der Waals surface area contributed by atoms with E-state index in [1.54, 1.807) is 6.20 Å². The summed E-state index contributed by atoms with van der Waals surface area (Å²) in [5.74, 6) is 0.769. The molecule has 1 aliphatic rings. The number of nitrogens with one attached hydrogen (secondary N) is 1. The van der Waals surface area contributed by atoms with Gasteiger partial charge in [-0.2, -0.15) is 0 Å². The molecule has 5 heteroatoms. The Balaban J connectivity index is 1.89. The van der Waals surface area contributed by atoms with Gasteiger partial charge in [-0.15, -0.1) is 0 Å². The summed E-state index contributed by atoms with van der Waals surface area (Å²) >= 11 is 0. The summed E-state index contributed by atoms with van der Waals surface area (Å²) in [5.41, 5.74) is 4.71. The van der Waals surface area contributed by atoms with Gasteiger partial charge < -0.3 is 10.4 Å². The first-order chi connectivity index (χ1) is 15.1. The Hall–Kier alpha value is -2.79. The van der Waals surface area contributed by atoms with Crippen molar-refractivity contribution in [3.8, 4) is 0 Å². The largest absolute Gasteiger partial charge is 0.390 e. The SMILES string of the molecule is C\C=C(/C(C)=C\C(CC(C)(C)O)=C(/C)CC)c1cc2cnc(NC(=O)C3CC3)cc2cn1. The van der Waals surface area contributed by atoms with Crippen LogP contribution in [0.5, 0.6) is 0 Å². The van der Waals surface area contributed by atoms with E-state index in [4.69, 9.17) is 4.98 Å². The quantitative estimate of drug-likeness (QED) is 0.485. The standard InChI is InChI=1S/C27H35N3O2/c1-7-17(3)20(14-27(5,6)32)11-18(4)23(8-2)24-12-21-16-29-25(13-22(21)15-28-24)30-26(31)19-9-10-19/h8,11-13,15-16,19,32H,7,9-10,14H2,1-6H3,(H,29,30,31)/b18-11-,20-17-,23-8+. The number of carbonyl (C=O) groups is 1. The molecule has 1 aliphatic carbocycles. The topological polar surface area (TPSA) is 75.1 Å². The smallest absolute Gasteiger partial charge is 0.228 e. The van der Waals surface area contributed by atoms with Crippen molar-refractivity contribution >= 4 is 28.1 Å². The van der Waals surface area contributed by atoms with Gasteiger partial charge in [-0.1, -0.05) is 24.6 Å². The number of pyridine rings is 2. The highest BCUT2D eigenvalue weighted by Crippen LogP contribution is 2.31. The van der Waals surface area contributed by atoms with E-state index >= 15 is 0 Å². The first kappa shape index (κ1) is 23.9. The molecule has 0 unspecified atom stereocenters. The average molecular weight is 434 g/mol. The van der Waals surface area contributed by atoms with Crippen LogP contribution in [0.1, 0.15) is 72.9 Å². The highest BCUT2D eigenvalue weighted by molar-refractivity contribution is 5.95. The molecule has 0 spiro atoms. The van der Waals surface area contributed by atoms with Crippen molar-refractivity contribution in [2.45, 2.75) is 72.8 Å². The number of allylic oxidation sites excluding steroid dienone is 5. The molecule has 2 N–H and O–H groups in total. The number of amides is 1. The van der Waals surface area contributed by atoms with Crippen molar-refractivity contribution in [1.29, 1.82) is 0 Å².